The van der Waals surface area contributed by atoms with Gasteiger partial charge in [-0.1, -0.05) is 20.8 Å². The van der Waals surface area contributed by atoms with Gasteiger partial charge in [0.2, 0.25) is 0 Å². The normalized spacial score (nSPS) is 12.2. The molecule has 1 N–H and O–H groups in total. The Labute approximate surface area is 139 Å². The number of carboxylic acids is 1. The maximum absolute atomic E-state index is 12.2. The summed E-state index contributed by atoms with van der Waals surface area (Å²) in [5, 5.41) is 9.20. The molecule has 0 spiro atoms. The molecule has 0 aromatic heterocycles. The van der Waals surface area contributed by atoms with Gasteiger partial charge in [-0.3, -0.25) is 0 Å². The van der Waals surface area contributed by atoms with E-state index in [1.54, 1.807) is 6.07 Å². The van der Waals surface area contributed by atoms with Crippen molar-refractivity contribution in [2.45, 2.75) is 46.1 Å². The monoisotopic (exact) mass is 404 g/mol. The largest absolute Gasteiger partial charge is 0.478 e. The quantitative estimate of drug-likeness (QED) is 0.542. The van der Waals surface area contributed by atoms with Gasteiger partial charge in [0.05, 0.1) is 11.1 Å². The molecule has 0 fully saturated rings. The summed E-state index contributed by atoms with van der Waals surface area (Å²) in [4.78, 5) is 23.4. The van der Waals surface area contributed by atoms with Crippen molar-refractivity contribution in [3.63, 3.8) is 0 Å². The fourth-order valence-corrected chi connectivity index (χ4v) is 2.44. The van der Waals surface area contributed by atoms with Crippen LogP contribution in [0, 0.1) is 9.49 Å². The lowest BCUT2D eigenvalue weighted by Gasteiger charge is -2.18. The van der Waals surface area contributed by atoms with Crippen LogP contribution in [0.3, 0.4) is 0 Å². The zero-order chi connectivity index (χ0) is 16.0. The van der Waals surface area contributed by atoms with Crippen molar-refractivity contribution in [3.05, 3.63) is 32.9 Å². The topological polar surface area (TPSA) is 63.6 Å². The molecule has 0 bridgehead atoms. The second-order valence-electron chi connectivity index (χ2n) is 5.40. The summed E-state index contributed by atoms with van der Waals surface area (Å²) in [6, 6.07) is 4.70. The molecule has 21 heavy (non-hydrogen) atoms. The van der Waals surface area contributed by atoms with Crippen molar-refractivity contribution in [2.24, 2.45) is 5.92 Å². The zero-order valence-corrected chi connectivity index (χ0v) is 14.7. The van der Waals surface area contributed by atoms with Crippen molar-refractivity contribution in [2.75, 3.05) is 0 Å². The van der Waals surface area contributed by atoms with Crippen LogP contribution in [0.5, 0.6) is 0 Å². The molecule has 0 saturated carbocycles. The molecule has 0 aliphatic rings. The lowest BCUT2D eigenvalue weighted by atomic mass is 10.0. The number of hydrogen-bond donors (Lipinski definition) is 1. The molecule has 0 radical (unpaired) electrons. The van der Waals surface area contributed by atoms with Crippen LogP contribution >= 0.6 is 22.6 Å². The van der Waals surface area contributed by atoms with E-state index in [9.17, 15) is 14.7 Å². The molecule has 0 aliphatic heterocycles. The van der Waals surface area contributed by atoms with Crippen molar-refractivity contribution in [3.8, 4) is 0 Å². The van der Waals surface area contributed by atoms with Crippen LogP contribution in [0.15, 0.2) is 18.2 Å². The van der Waals surface area contributed by atoms with Gasteiger partial charge in [-0.25, -0.2) is 9.59 Å². The Bertz CT molecular complexity index is 511. The van der Waals surface area contributed by atoms with Crippen molar-refractivity contribution < 1.29 is 19.4 Å². The first-order valence-corrected chi connectivity index (χ1v) is 8.16. The summed E-state index contributed by atoms with van der Waals surface area (Å²) < 4.78 is 6.23. The van der Waals surface area contributed by atoms with Gasteiger partial charge in [-0.05, 0) is 66.0 Å². The van der Waals surface area contributed by atoms with Crippen molar-refractivity contribution >= 4 is 34.5 Å². The van der Waals surface area contributed by atoms with E-state index in [0.29, 0.717) is 5.92 Å². The van der Waals surface area contributed by atoms with Gasteiger partial charge in [0.25, 0.3) is 0 Å². The van der Waals surface area contributed by atoms with Crippen LogP contribution in [0.2, 0.25) is 0 Å². The summed E-state index contributed by atoms with van der Waals surface area (Å²) >= 11 is 2.02. The molecule has 116 valence electrons. The van der Waals surface area contributed by atoms with Gasteiger partial charge in [0, 0.05) is 3.57 Å². The Morgan fingerprint density at radius 1 is 1.24 bits per heavy atom. The summed E-state index contributed by atoms with van der Waals surface area (Å²) in [5.41, 5.74) is 0.108. The second-order valence-corrected chi connectivity index (χ2v) is 6.65. The highest BCUT2D eigenvalue weighted by Gasteiger charge is 2.21. The summed E-state index contributed by atoms with van der Waals surface area (Å²) in [7, 11) is 0. The van der Waals surface area contributed by atoms with Gasteiger partial charge < -0.3 is 9.84 Å². The van der Waals surface area contributed by atoms with E-state index in [-0.39, 0.29) is 17.2 Å². The maximum Gasteiger partial charge on any atom is 0.339 e. The van der Waals surface area contributed by atoms with E-state index in [0.717, 1.165) is 22.8 Å². The molecular formula is C16H21IO4. The Balaban J connectivity index is 2.85. The first kappa shape index (κ1) is 17.9. The van der Waals surface area contributed by atoms with E-state index in [1.807, 2.05) is 29.5 Å². The third-order valence-electron chi connectivity index (χ3n) is 3.23. The Hall–Kier alpha value is -1.11. The highest BCUT2D eigenvalue weighted by molar-refractivity contribution is 14.1. The summed E-state index contributed by atoms with van der Waals surface area (Å²) in [6.45, 7) is 6.21. The predicted octanol–water partition coefficient (Wildman–Crippen LogP) is 4.36. The summed E-state index contributed by atoms with van der Waals surface area (Å²) in [5.74, 6) is -1.12. The number of carbonyl (C=O) groups excluding carboxylic acids is 1. The van der Waals surface area contributed by atoms with Crippen LogP contribution in [0.4, 0.5) is 0 Å². The standard InChI is InChI=1S/C16H21IO4/c1-4-12(7-5-10(2)3)21-16(20)13-8-6-11(17)9-14(13)15(18)19/h6,8-10,12H,4-5,7H2,1-3H3,(H,18,19). The average Bonchev–Trinajstić information content (AvgIpc) is 2.42. The lowest BCUT2D eigenvalue weighted by molar-refractivity contribution is 0.0255. The Morgan fingerprint density at radius 3 is 2.43 bits per heavy atom. The van der Waals surface area contributed by atoms with Gasteiger partial charge in [-0.2, -0.15) is 0 Å². The first-order valence-electron chi connectivity index (χ1n) is 7.09. The van der Waals surface area contributed by atoms with Gasteiger partial charge in [0.15, 0.2) is 0 Å². The van der Waals surface area contributed by atoms with Gasteiger partial charge in [0.1, 0.15) is 6.10 Å². The molecule has 1 aromatic carbocycles. The molecule has 4 nitrogen and oxygen atoms in total. The van der Waals surface area contributed by atoms with E-state index in [2.05, 4.69) is 13.8 Å². The van der Waals surface area contributed by atoms with Crippen molar-refractivity contribution in [1.82, 2.24) is 0 Å². The zero-order valence-electron chi connectivity index (χ0n) is 12.6. The van der Waals surface area contributed by atoms with E-state index in [4.69, 9.17) is 4.74 Å². The maximum atomic E-state index is 12.2. The average molecular weight is 404 g/mol. The number of ether oxygens (including phenoxy) is 1. The van der Waals surface area contributed by atoms with Crippen LogP contribution < -0.4 is 0 Å². The Morgan fingerprint density at radius 2 is 1.90 bits per heavy atom. The highest BCUT2D eigenvalue weighted by Crippen LogP contribution is 2.18. The van der Waals surface area contributed by atoms with Crippen LogP contribution in [-0.4, -0.2) is 23.1 Å². The predicted molar refractivity (Wildman–Crippen MR) is 89.7 cm³/mol. The van der Waals surface area contributed by atoms with E-state index >= 15 is 0 Å². The molecular weight excluding hydrogens is 383 g/mol. The molecule has 1 atom stereocenters. The minimum absolute atomic E-state index is 0.00869. The van der Waals surface area contributed by atoms with Crippen molar-refractivity contribution in [1.29, 1.82) is 0 Å². The number of benzene rings is 1. The highest BCUT2D eigenvalue weighted by atomic mass is 127. The first-order chi connectivity index (χ1) is 9.85. The smallest absolute Gasteiger partial charge is 0.339 e. The number of carboxylic acid groups (broad SMARTS) is 1. The number of hydrogen-bond acceptors (Lipinski definition) is 3. The molecule has 0 saturated heterocycles. The molecule has 5 heteroatoms. The van der Waals surface area contributed by atoms with E-state index < -0.39 is 11.9 Å². The molecule has 1 aromatic rings. The minimum atomic E-state index is -1.12. The van der Waals surface area contributed by atoms with Crippen LogP contribution in [0.25, 0.3) is 0 Å². The number of carbonyl (C=O) groups is 2. The lowest BCUT2D eigenvalue weighted by Crippen LogP contribution is -2.20. The second kappa shape index (κ2) is 8.36. The Kier molecular flexibility index (Phi) is 7.14. The molecule has 1 unspecified atom stereocenters. The SMILES string of the molecule is CCC(CCC(C)C)OC(=O)c1ccc(I)cc1C(=O)O. The molecule has 0 aliphatic carbocycles. The fraction of sp³-hybridized carbons (Fsp3) is 0.500. The number of aromatic carboxylic acids is 1. The third-order valence-corrected chi connectivity index (χ3v) is 3.90. The van der Waals surface area contributed by atoms with E-state index in [1.165, 1.54) is 12.1 Å². The minimum Gasteiger partial charge on any atom is -0.478 e. The van der Waals surface area contributed by atoms with Gasteiger partial charge in [-0.15, -0.1) is 0 Å². The fourth-order valence-electron chi connectivity index (χ4n) is 1.95. The third kappa shape index (κ3) is 5.65. The molecule has 0 amide bonds. The molecule has 0 heterocycles. The van der Waals surface area contributed by atoms with Crippen LogP contribution in [0.1, 0.15) is 60.7 Å². The number of esters is 1. The van der Waals surface area contributed by atoms with Crippen LogP contribution in [-0.2, 0) is 4.74 Å². The number of rotatable bonds is 7. The number of halogens is 1. The van der Waals surface area contributed by atoms with Gasteiger partial charge >= 0.3 is 11.9 Å². The summed E-state index contributed by atoms with van der Waals surface area (Å²) in [6.07, 6.45) is 2.34. The molecule has 1 rings (SSSR count).